The summed E-state index contributed by atoms with van der Waals surface area (Å²) in [5.74, 6) is 0. The van der Waals surface area contributed by atoms with E-state index in [-0.39, 0.29) is 12.1 Å². The lowest BCUT2D eigenvalue weighted by Crippen LogP contribution is -2.78. The van der Waals surface area contributed by atoms with E-state index in [0.29, 0.717) is 0 Å². The number of benzene rings is 20. The second kappa shape index (κ2) is 32.9. The van der Waals surface area contributed by atoms with Gasteiger partial charge < -0.3 is 14.4 Å². The first-order valence-electron chi connectivity index (χ1n) is 45.4. The Kier molecular flexibility index (Phi) is 20.0. The number of hydrogen-bond acceptors (Lipinski definition) is 2. The Labute approximate surface area is 764 Å². The molecule has 0 amide bonds. The predicted octanol–water partition coefficient (Wildman–Crippen LogP) is 24.6. The second-order valence-corrected chi connectivity index (χ2v) is 43.4. The zero-order valence-corrected chi connectivity index (χ0v) is 74.8. The molecular weight excluding hydrogens is 1600 g/mol. The summed E-state index contributed by atoms with van der Waals surface area (Å²) in [5, 5.41) is 12.8. The number of hydrogen-bond donors (Lipinski definition) is 0. The van der Waals surface area contributed by atoms with Crippen LogP contribution < -0.4 is 67.7 Å². The molecule has 1 aromatic heterocycles. The fourth-order valence-electron chi connectivity index (χ4n) is 21.3. The molecule has 0 saturated carbocycles. The summed E-state index contributed by atoms with van der Waals surface area (Å²) in [7, 11) is -7.08. The minimum atomic E-state index is -3.54. The fourth-order valence-corrected chi connectivity index (χ4v) is 31.1. The van der Waals surface area contributed by atoms with E-state index < -0.39 is 16.1 Å². The van der Waals surface area contributed by atoms with Gasteiger partial charge in [-0.25, -0.2) is 0 Å². The summed E-state index contributed by atoms with van der Waals surface area (Å²) in [6.07, 6.45) is 0. The van der Waals surface area contributed by atoms with E-state index in [4.69, 9.17) is 0 Å². The normalized spacial score (nSPS) is 12.4. The first kappa shape index (κ1) is 79.0. The Morgan fingerprint density at radius 2 is 0.546 bits per heavy atom. The highest BCUT2D eigenvalue weighted by Crippen LogP contribution is 2.51. The maximum absolute atomic E-state index is 3.54. The monoisotopic (exact) mass is 1690 g/mol. The molecule has 0 aliphatic carbocycles. The Balaban J connectivity index is 0.871. The van der Waals surface area contributed by atoms with E-state index in [0.717, 1.165) is 106 Å². The third-order valence-corrected chi connectivity index (χ3v) is 36.8. The highest BCUT2D eigenvalue weighted by molar-refractivity contribution is 7.22. The molecule has 0 spiro atoms. The van der Waals surface area contributed by atoms with Gasteiger partial charge in [-0.3, -0.25) is 0 Å². The van der Waals surface area contributed by atoms with Crippen molar-refractivity contribution in [2.24, 2.45) is 0 Å². The SMILES string of the molecule is CC(C)(C)c1cc2c3c(c1)N(c1ccc(-c4ccccc4)cc1-c1ccccc1)c1ccc(-c4cc([Si](c5ccccc5)(c5ccccc5)c5cccc(-c6ccccc6)c5)cc([Si](c5ccccc5)(c5ccccc5)c5cccc(-c6ccccc6)c5)c4)cc1B3c1ccc(-n3c4ccccc4c4ccccc43)cc1N2c1cc(-c2ccccc2)cc(-c2ccccc2)c1. The maximum atomic E-state index is 2.72. The van der Waals surface area contributed by atoms with Crippen LogP contribution in [0.1, 0.15) is 26.3 Å². The number of anilines is 6. The van der Waals surface area contributed by atoms with Gasteiger partial charge in [-0.05, 0) is 214 Å². The zero-order valence-electron chi connectivity index (χ0n) is 72.8. The van der Waals surface area contributed by atoms with Crippen molar-refractivity contribution >= 4 is 137 Å². The van der Waals surface area contributed by atoms with E-state index in [9.17, 15) is 0 Å². The number of rotatable bonds is 18. The molecule has 0 radical (unpaired) electrons. The Morgan fingerprint density at radius 3 is 0.985 bits per heavy atom. The first-order valence-corrected chi connectivity index (χ1v) is 49.4. The Hall–Kier alpha value is -15.7. The van der Waals surface area contributed by atoms with Gasteiger partial charge in [-0.2, -0.15) is 0 Å². The molecule has 0 unspecified atom stereocenters. The largest absolute Gasteiger partial charge is 0.311 e. The lowest BCUT2D eigenvalue weighted by molar-refractivity contribution is 0.590. The van der Waals surface area contributed by atoms with Gasteiger partial charge in [0.25, 0.3) is 6.71 Å². The van der Waals surface area contributed by atoms with Crippen LogP contribution in [0.3, 0.4) is 0 Å². The molecule has 0 bridgehead atoms. The van der Waals surface area contributed by atoms with Crippen molar-refractivity contribution in [3.63, 3.8) is 0 Å². The van der Waals surface area contributed by atoms with Crippen LogP contribution in [-0.2, 0) is 5.41 Å². The third kappa shape index (κ3) is 13.6. The van der Waals surface area contributed by atoms with Gasteiger partial charge in [0.05, 0.1) is 16.7 Å². The molecule has 23 rings (SSSR count). The van der Waals surface area contributed by atoms with Crippen molar-refractivity contribution in [1.82, 2.24) is 4.57 Å². The van der Waals surface area contributed by atoms with E-state index in [1.165, 1.54) is 96.5 Å². The van der Waals surface area contributed by atoms with Crippen LogP contribution >= 0.6 is 0 Å². The average molecular weight is 1690 g/mol. The van der Waals surface area contributed by atoms with Crippen molar-refractivity contribution in [1.29, 1.82) is 0 Å². The zero-order chi connectivity index (χ0) is 86.9. The van der Waals surface area contributed by atoms with Gasteiger partial charge in [-0.1, -0.05) is 451 Å². The first-order chi connectivity index (χ1) is 64.1. The number of nitrogens with zero attached hydrogens (tertiary/aromatic N) is 3. The fraction of sp³-hybridized carbons (Fsp3) is 0.0323. The van der Waals surface area contributed by atoms with Gasteiger partial charge >= 0.3 is 0 Å². The molecule has 3 nitrogen and oxygen atoms in total. The minimum Gasteiger partial charge on any atom is -0.311 e. The molecule has 3 heterocycles. The second-order valence-electron chi connectivity index (χ2n) is 35.8. The van der Waals surface area contributed by atoms with E-state index >= 15 is 0 Å². The summed E-state index contributed by atoms with van der Waals surface area (Å²) in [5.41, 5.74) is 30.7. The van der Waals surface area contributed by atoms with Crippen molar-refractivity contribution in [3.8, 4) is 83.6 Å². The van der Waals surface area contributed by atoms with Gasteiger partial charge in [0.2, 0.25) is 0 Å². The van der Waals surface area contributed by atoms with Crippen LogP contribution in [0.4, 0.5) is 34.1 Å². The molecule has 130 heavy (non-hydrogen) atoms. The molecule has 20 aromatic carbocycles. The van der Waals surface area contributed by atoms with Crippen molar-refractivity contribution in [2.75, 3.05) is 9.80 Å². The van der Waals surface area contributed by atoms with Crippen LogP contribution in [-0.4, -0.2) is 27.4 Å². The molecule has 6 heteroatoms. The molecule has 21 aromatic rings. The van der Waals surface area contributed by atoms with E-state index in [2.05, 4.69) is 539 Å². The smallest absolute Gasteiger partial charge is 0.252 e. The van der Waals surface area contributed by atoms with Gasteiger partial charge in [0.1, 0.15) is 0 Å². The highest BCUT2D eigenvalue weighted by atomic mass is 28.3. The summed E-state index contributed by atoms with van der Waals surface area (Å²) in [6.45, 7) is 6.85. The summed E-state index contributed by atoms with van der Waals surface area (Å²) in [6, 6.07) is 192. The number of aromatic nitrogens is 1. The van der Waals surface area contributed by atoms with Crippen LogP contribution in [0, 0.1) is 0 Å². The third-order valence-electron chi connectivity index (χ3n) is 27.3. The molecule has 0 fully saturated rings. The quantitative estimate of drug-likeness (QED) is 0.0627. The van der Waals surface area contributed by atoms with Crippen molar-refractivity contribution < 1.29 is 0 Å². The van der Waals surface area contributed by atoms with Crippen LogP contribution in [0.15, 0.2) is 504 Å². The lowest BCUT2D eigenvalue weighted by atomic mass is 9.33. The minimum absolute atomic E-state index is 0.327. The molecule has 0 atom stereocenters. The summed E-state index contributed by atoms with van der Waals surface area (Å²) >= 11 is 0. The van der Waals surface area contributed by atoms with Crippen molar-refractivity contribution in [3.05, 3.63) is 509 Å². The molecular formula is C124H92BN3Si2. The number of fused-ring (bicyclic) bond motifs is 7. The van der Waals surface area contributed by atoms with Gasteiger partial charge in [0.15, 0.2) is 16.1 Å². The Morgan fingerprint density at radius 1 is 0.200 bits per heavy atom. The highest BCUT2D eigenvalue weighted by Gasteiger charge is 2.49. The molecule has 0 N–H and O–H groups in total. The van der Waals surface area contributed by atoms with Crippen LogP contribution in [0.2, 0.25) is 0 Å². The summed E-state index contributed by atoms with van der Waals surface area (Å²) < 4.78 is 2.51. The van der Waals surface area contributed by atoms with Crippen LogP contribution in [0.25, 0.3) is 105 Å². The van der Waals surface area contributed by atoms with E-state index in [1.807, 2.05) is 0 Å². The maximum Gasteiger partial charge on any atom is 0.252 e. The topological polar surface area (TPSA) is 11.4 Å². The molecule has 2 aliphatic rings. The van der Waals surface area contributed by atoms with Gasteiger partial charge in [0, 0.05) is 50.5 Å². The molecule has 2 aliphatic heterocycles. The van der Waals surface area contributed by atoms with Crippen LogP contribution in [0.5, 0.6) is 0 Å². The standard InChI is InChI=1S/C124H92BN3Si2/c1-124(2,3)100-83-121-123-122(84-100)128(118-72-68-95(89-44-18-6-19-45-89)81-113(118)92-50-24-9-25-51-92)119-73-69-96(82-115(119)125(123)114-71-70-101(126-116-66-36-34-64-111(116)112-65-35-37-67-117(112)126)85-120(114)127(121)102-75-97(90-46-20-7-21-47-90)74-98(76-102)91-48-22-8-23-49-91)99-79-109(129(103-54-26-10-27-55-103,104-56-28-11-29-57-104)107-62-38-52-93(77-107)87-40-14-4-15-41-87)86-110(80-99)130(105-58-30-12-31-59-105,106-60-32-13-33-61-106)108-63-39-53-94(78-108)88-42-16-5-17-43-88/h4-86H,1-3H3. The van der Waals surface area contributed by atoms with E-state index in [1.54, 1.807) is 0 Å². The Bertz CT molecular complexity index is 7420. The summed E-state index contributed by atoms with van der Waals surface area (Å²) in [4.78, 5) is 5.35. The lowest BCUT2D eigenvalue weighted by Gasteiger charge is -2.45. The van der Waals surface area contributed by atoms with Crippen molar-refractivity contribution in [2.45, 2.75) is 26.2 Å². The molecule has 0 saturated heterocycles. The number of para-hydroxylation sites is 2. The van der Waals surface area contributed by atoms with Gasteiger partial charge in [-0.15, -0.1) is 0 Å². The molecule has 614 valence electrons. The predicted molar refractivity (Wildman–Crippen MR) is 559 cm³/mol. The average Bonchev–Trinajstić information content (AvgIpc) is 0.745.